The van der Waals surface area contributed by atoms with Crippen LogP contribution in [0.15, 0.2) is 54.9 Å². The number of pyridine rings is 2. The molecule has 3 heteroatoms. The second kappa shape index (κ2) is 5.39. The van der Waals surface area contributed by atoms with E-state index in [1.165, 1.54) is 11.1 Å². The van der Waals surface area contributed by atoms with Gasteiger partial charge in [-0.25, -0.2) is 0 Å². The Morgan fingerprint density at radius 1 is 1.00 bits per heavy atom. The number of aryl methyl sites for hydroxylation is 1. The van der Waals surface area contributed by atoms with Crippen LogP contribution in [-0.4, -0.2) is 17.0 Å². The lowest BCUT2D eigenvalue weighted by Gasteiger charge is -2.18. The van der Waals surface area contributed by atoms with Gasteiger partial charge in [-0.2, -0.15) is 0 Å². The number of nitrogens with zero attached hydrogens (tertiary/aromatic N) is 2. The second-order valence-electron chi connectivity index (χ2n) is 4.88. The van der Waals surface area contributed by atoms with Crippen LogP contribution in [0.3, 0.4) is 0 Å². The maximum atomic E-state index is 4.52. The van der Waals surface area contributed by atoms with Gasteiger partial charge in [-0.05, 0) is 43.3 Å². The molecule has 0 aliphatic carbocycles. The fourth-order valence-electron chi connectivity index (χ4n) is 2.52. The van der Waals surface area contributed by atoms with Crippen LogP contribution in [0.25, 0.3) is 10.9 Å². The zero-order valence-corrected chi connectivity index (χ0v) is 11.7. The second-order valence-corrected chi connectivity index (χ2v) is 4.88. The summed E-state index contributed by atoms with van der Waals surface area (Å²) in [6, 6.07) is 14.6. The van der Waals surface area contributed by atoms with Gasteiger partial charge >= 0.3 is 0 Å². The smallest absolute Gasteiger partial charge is 0.0752 e. The first-order chi connectivity index (χ1) is 9.79. The quantitative estimate of drug-likeness (QED) is 0.788. The van der Waals surface area contributed by atoms with Crippen molar-refractivity contribution in [2.24, 2.45) is 0 Å². The van der Waals surface area contributed by atoms with E-state index in [4.69, 9.17) is 0 Å². The van der Waals surface area contributed by atoms with E-state index in [1.807, 2.05) is 31.6 Å². The van der Waals surface area contributed by atoms with Crippen LogP contribution in [0, 0.1) is 6.92 Å². The largest absolute Gasteiger partial charge is 0.308 e. The number of nitrogens with one attached hydrogen (secondary N) is 1. The molecule has 0 bridgehead atoms. The van der Waals surface area contributed by atoms with Crippen LogP contribution in [0.4, 0.5) is 0 Å². The molecule has 1 unspecified atom stereocenters. The molecule has 0 aliphatic rings. The van der Waals surface area contributed by atoms with E-state index >= 15 is 0 Å². The number of fused-ring (bicyclic) bond motifs is 1. The summed E-state index contributed by atoms with van der Waals surface area (Å²) in [5.74, 6) is 0. The monoisotopic (exact) mass is 263 g/mol. The Kier molecular flexibility index (Phi) is 3.44. The van der Waals surface area contributed by atoms with Crippen LogP contribution in [-0.2, 0) is 0 Å². The molecule has 2 heterocycles. The number of hydrogen-bond acceptors (Lipinski definition) is 3. The average molecular weight is 263 g/mol. The third-order valence-electron chi connectivity index (χ3n) is 3.58. The fraction of sp³-hybridized carbons (Fsp3) is 0.176. The van der Waals surface area contributed by atoms with Crippen molar-refractivity contribution in [1.82, 2.24) is 15.3 Å². The lowest BCUT2D eigenvalue weighted by molar-refractivity contribution is 0.666. The van der Waals surface area contributed by atoms with E-state index < -0.39 is 0 Å². The van der Waals surface area contributed by atoms with E-state index in [9.17, 15) is 0 Å². The summed E-state index contributed by atoms with van der Waals surface area (Å²) in [6.45, 7) is 2.09. The Morgan fingerprint density at radius 2 is 1.80 bits per heavy atom. The van der Waals surface area contributed by atoms with Crippen molar-refractivity contribution in [1.29, 1.82) is 0 Å². The van der Waals surface area contributed by atoms with Crippen molar-refractivity contribution in [3.05, 3.63) is 71.7 Å². The van der Waals surface area contributed by atoms with E-state index in [-0.39, 0.29) is 6.04 Å². The van der Waals surface area contributed by atoms with Crippen molar-refractivity contribution in [3.8, 4) is 0 Å². The standard InChI is InChI=1S/C17H17N3/c1-12-5-3-10-20-16(12)17(18-2)14-8-7-13-6-4-9-19-15(13)11-14/h3-11,17-18H,1-2H3. The lowest BCUT2D eigenvalue weighted by Crippen LogP contribution is -2.19. The summed E-state index contributed by atoms with van der Waals surface area (Å²) < 4.78 is 0. The van der Waals surface area contributed by atoms with Gasteiger partial charge in [0.25, 0.3) is 0 Å². The zero-order valence-electron chi connectivity index (χ0n) is 11.7. The van der Waals surface area contributed by atoms with E-state index in [0.717, 1.165) is 16.6 Å². The van der Waals surface area contributed by atoms with E-state index in [2.05, 4.69) is 52.5 Å². The Hall–Kier alpha value is -2.26. The first kappa shape index (κ1) is 12.8. The van der Waals surface area contributed by atoms with Gasteiger partial charge in [0.15, 0.2) is 0 Å². The molecule has 100 valence electrons. The Bertz CT molecular complexity index is 737. The van der Waals surface area contributed by atoms with Gasteiger partial charge in [-0.1, -0.05) is 24.3 Å². The SMILES string of the molecule is CNC(c1ccc2cccnc2c1)c1ncccc1C. The molecule has 3 rings (SSSR count). The van der Waals surface area contributed by atoms with Gasteiger partial charge < -0.3 is 5.32 Å². The van der Waals surface area contributed by atoms with Crippen molar-refractivity contribution in [3.63, 3.8) is 0 Å². The van der Waals surface area contributed by atoms with Gasteiger partial charge in [0.05, 0.1) is 17.3 Å². The maximum Gasteiger partial charge on any atom is 0.0752 e. The molecule has 0 spiro atoms. The molecule has 1 N–H and O–H groups in total. The van der Waals surface area contributed by atoms with Crippen LogP contribution in [0.2, 0.25) is 0 Å². The number of benzene rings is 1. The van der Waals surface area contributed by atoms with Gasteiger partial charge in [0.1, 0.15) is 0 Å². The van der Waals surface area contributed by atoms with E-state index in [0.29, 0.717) is 0 Å². The van der Waals surface area contributed by atoms with Gasteiger partial charge in [-0.15, -0.1) is 0 Å². The molecule has 0 amide bonds. The molecule has 3 nitrogen and oxygen atoms in total. The average Bonchev–Trinajstić information content (AvgIpc) is 2.50. The predicted octanol–water partition coefficient (Wildman–Crippen LogP) is 3.25. The molecule has 0 saturated heterocycles. The molecule has 20 heavy (non-hydrogen) atoms. The highest BCUT2D eigenvalue weighted by Crippen LogP contribution is 2.25. The van der Waals surface area contributed by atoms with Crippen molar-refractivity contribution in [2.75, 3.05) is 7.05 Å². The van der Waals surface area contributed by atoms with Crippen molar-refractivity contribution in [2.45, 2.75) is 13.0 Å². The highest BCUT2D eigenvalue weighted by molar-refractivity contribution is 5.79. The highest BCUT2D eigenvalue weighted by Gasteiger charge is 2.15. The van der Waals surface area contributed by atoms with Crippen molar-refractivity contribution >= 4 is 10.9 Å². The van der Waals surface area contributed by atoms with Crippen LogP contribution in [0.1, 0.15) is 22.9 Å². The van der Waals surface area contributed by atoms with Gasteiger partial charge in [0.2, 0.25) is 0 Å². The van der Waals surface area contributed by atoms with E-state index in [1.54, 1.807) is 0 Å². The molecule has 1 aromatic carbocycles. The Balaban J connectivity index is 2.10. The molecule has 1 atom stereocenters. The van der Waals surface area contributed by atoms with Crippen LogP contribution < -0.4 is 5.32 Å². The predicted molar refractivity (Wildman–Crippen MR) is 81.6 cm³/mol. The van der Waals surface area contributed by atoms with Gasteiger partial charge in [-0.3, -0.25) is 9.97 Å². The Morgan fingerprint density at radius 3 is 2.60 bits per heavy atom. The summed E-state index contributed by atoms with van der Waals surface area (Å²) in [4.78, 5) is 8.95. The third kappa shape index (κ3) is 2.28. The zero-order chi connectivity index (χ0) is 13.9. The maximum absolute atomic E-state index is 4.52. The summed E-state index contributed by atoms with van der Waals surface area (Å²) in [5.41, 5.74) is 4.44. The molecule has 3 aromatic rings. The molecular weight excluding hydrogens is 246 g/mol. The van der Waals surface area contributed by atoms with Crippen LogP contribution in [0.5, 0.6) is 0 Å². The summed E-state index contributed by atoms with van der Waals surface area (Å²) in [7, 11) is 1.96. The minimum Gasteiger partial charge on any atom is -0.308 e. The molecular formula is C17H17N3. The topological polar surface area (TPSA) is 37.8 Å². The van der Waals surface area contributed by atoms with Crippen molar-refractivity contribution < 1.29 is 0 Å². The van der Waals surface area contributed by atoms with Gasteiger partial charge in [0, 0.05) is 17.8 Å². The minimum absolute atomic E-state index is 0.0857. The Labute approximate surface area is 118 Å². The molecule has 2 aromatic heterocycles. The highest BCUT2D eigenvalue weighted by atomic mass is 14.9. The first-order valence-electron chi connectivity index (χ1n) is 6.73. The first-order valence-corrected chi connectivity index (χ1v) is 6.73. The lowest BCUT2D eigenvalue weighted by atomic mass is 9.99. The number of rotatable bonds is 3. The number of aromatic nitrogens is 2. The fourth-order valence-corrected chi connectivity index (χ4v) is 2.52. The molecule has 0 aliphatic heterocycles. The minimum atomic E-state index is 0.0857. The summed E-state index contributed by atoms with van der Waals surface area (Å²) in [5, 5.41) is 4.51. The van der Waals surface area contributed by atoms with Crippen LogP contribution >= 0.6 is 0 Å². The summed E-state index contributed by atoms with van der Waals surface area (Å²) in [6.07, 6.45) is 3.67. The number of hydrogen-bond donors (Lipinski definition) is 1. The molecule has 0 saturated carbocycles. The molecule has 0 fully saturated rings. The third-order valence-corrected chi connectivity index (χ3v) is 3.58. The summed E-state index contributed by atoms with van der Waals surface area (Å²) >= 11 is 0. The normalized spacial score (nSPS) is 12.5. The molecule has 0 radical (unpaired) electrons.